The van der Waals surface area contributed by atoms with E-state index in [1.54, 1.807) is 18.2 Å². The van der Waals surface area contributed by atoms with Gasteiger partial charge in [0.1, 0.15) is 0 Å². The van der Waals surface area contributed by atoms with Gasteiger partial charge in [0, 0.05) is 21.2 Å². The van der Waals surface area contributed by atoms with Crippen LogP contribution in [0.25, 0.3) is 11.4 Å². The molecule has 1 heterocycles. The summed E-state index contributed by atoms with van der Waals surface area (Å²) in [5.41, 5.74) is 2.16. The maximum absolute atomic E-state index is 12.3. The van der Waals surface area contributed by atoms with E-state index in [-0.39, 0.29) is 18.2 Å². The number of benzene rings is 2. The molecular weight excluding hydrogens is 397 g/mol. The number of nitrogens with one attached hydrogen (secondary N) is 1. The molecule has 1 aromatic heterocycles. The van der Waals surface area contributed by atoms with Gasteiger partial charge in [-0.15, -0.1) is 0 Å². The van der Waals surface area contributed by atoms with Gasteiger partial charge in [-0.05, 0) is 24.6 Å². The molecule has 0 fully saturated rings. The molecule has 136 valence electrons. The van der Waals surface area contributed by atoms with Crippen molar-refractivity contribution in [1.82, 2.24) is 14.9 Å². The molecule has 0 radical (unpaired) electrons. The van der Waals surface area contributed by atoms with Crippen molar-refractivity contribution in [2.45, 2.75) is 19.2 Å². The van der Waals surface area contributed by atoms with E-state index in [1.807, 2.05) is 31.2 Å². The van der Waals surface area contributed by atoms with Gasteiger partial charge in [0.15, 0.2) is 0 Å². The molecule has 3 aromatic rings. The number of hydrogen-bond donors (Lipinski definition) is 1. The number of halogens is 2. The quantitative estimate of drug-likeness (QED) is 0.662. The molecule has 26 heavy (non-hydrogen) atoms. The van der Waals surface area contributed by atoms with E-state index in [0.29, 0.717) is 21.4 Å². The summed E-state index contributed by atoms with van der Waals surface area (Å²) in [7, 11) is -3.69. The number of rotatable bonds is 6. The van der Waals surface area contributed by atoms with Crippen molar-refractivity contribution in [1.29, 1.82) is 0 Å². The third-order valence-corrected chi connectivity index (χ3v) is 5.65. The van der Waals surface area contributed by atoms with Crippen molar-refractivity contribution >= 4 is 33.2 Å². The highest BCUT2D eigenvalue weighted by Crippen LogP contribution is 2.26. The molecule has 0 unspecified atom stereocenters. The molecule has 0 aliphatic carbocycles. The zero-order valence-corrected chi connectivity index (χ0v) is 16.1. The minimum Gasteiger partial charge on any atom is -0.338 e. The molecule has 0 amide bonds. The second-order valence-electron chi connectivity index (χ2n) is 5.61. The van der Waals surface area contributed by atoms with Crippen LogP contribution in [-0.2, 0) is 22.3 Å². The molecule has 2 aromatic carbocycles. The van der Waals surface area contributed by atoms with Crippen molar-refractivity contribution in [3.63, 3.8) is 0 Å². The lowest BCUT2D eigenvalue weighted by Gasteiger charge is -2.08. The summed E-state index contributed by atoms with van der Waals surface area (Å²) in [6.45, 7) is 1.81. The molecule has 6 nitrogen and oxygen atoms in total. The van der Waals surface area contributed by atoms with Gasteiger partial charge in [0.25, 0.3) is 0 Å². The Morgan fingerprint density at radius 2 is 1.77 bits per heavy atom. The lowest BCUT2D eigenvalue weighted by molar-refractivity contribution is 0.376. The third-order valence-electron chi connectivity index (χ3n) is 3.69. The van der Waals surface area contributed by atoms with Gasteiger partial charge >= 0.3 is 0 Å². The predicted octanol–water partition coefficient (Wildman–Crippen LogP) is 3.97. The van der Waals surface area contributed by atoms with Crippen LogP contribution in [-0.4, -0.2) is 18.6 Å². The summed E-state index contributed by atoms with van der Waals surface area (Å²) < 4.78 is 32.1. The molecule has 1 N–H and O–H groups in total. The maximum atomic E-state index is 12.3. The Hall–Kier alpha value is -1.93. The zero-order chi connectivity index (χ0) is 18.7. The molecule has 0 atom stereocenters. The normalized spacial score (nSPS) is 11.7. The smallest absolute Gasteiger partial charge is 0.242 e. The summed E-state index contributed by atoms with van der Waals surface area (Å²) in [6.07, 6.45) is 0. The minimum absolute atomic E-state index is 0.122. The highest BCUT2D eigenvalue weighted by atomic mass is 35.5. The summed E-state index contributed by atoms with van der Waals surface area (Å²) in [6, 6.07) is 12.4. The molecular formula is C17H15Cl2N3O3S. The van der Waals surface area contributed by atoms with Gasteiger partial charge in [-0.25, -0.2) is 13.1 Å². The molecule has 0 aliphatic heterocycles. The van der Waals surface area contributed by atoms with Crippen LogP contribution in [0, 0.1) is 6.92 Å². The van der Waals surface area contributed by atoms with E-state index in [4.69, 9.17) is 27.7 Å². The largest absolute Gasteiger partial charge is 0.338 e. The molecule has 0 saturated carbocycles. The summed E-state index contributed by atoms with van der Waals surface area (Å²) in [4.78, 5) is 4.23. The average molecular weight is 412 g/mol. The fourth-order valence-corrected chi connectivity index (χ4v) is 4.17. The molecule has 0 aliphatic rings. The van der Waals surface area contributed by atoms with Crippen LogP contribution in [0.2, 0.25) is 10.0 Å². The van der Waals surface area contributed by atoms with Crippen molar-refractivity contribution in [3.8, 4) is 11.4 Å². The standard InChI is InChI=1S/C17H15Cl2N3O3S/c1-11-5-2-3-6-12(11)17-21-16(25-22-17)9-20-26(23,24)10-13-14(18)7-4-8-15(13)19/h2-8,20H,9-10H2,1H3. The molecule has 3 rings (SSSR count). The Labute approximate surface area is 161 Å². The van der Waals surface area contributed by atoms with Crippen molar-refractivity contribution < 1.29 is 12.9 Å². The molecule has 0 bridgehead atoms. The number of hydrogen-bond acceptors (Lipinski definition) is 5. The average Bonchev–Trinajstić information content (AvgIpc) is 3.06. The van der Waals surface area contributed by atoms with Crippen LogP contribution in [0.3, 0.4) is 0 Å². The topological polar surface area (TPSA) is 85.1 Å². The van der Waals surface area contributed by atoms with Gasteiger partial charge in [-0.3, -0.25) is 0 Å². The number of aryl methyl sites for hydroxylation is 1. The SMILES string of the molecule is Cc1ccccc1-c1noc(CNS(=O)(=O)Cc2c(Cl)cccc2Cl)n1. The summed E-state index contributed by atoms with van der Waals surface area (Å²) in [5.74, 6) is 0.230. The zero-order valence-electron chi connectivity index (χ0n) is 13.7. The van der Waals surface area contributed by atoms with Gasteiger partial charge in [-0.1, -0.05) is 58.7 Å². The van der Waals surface area contributed by atoms with Gasteiger partial charge in [0.05, 0.1) is 12.3 Å². The number of sulfonamides is 1. The second-order valence-corrected chi connectivity index (χ2v) is 8.23. The van der Waals surface area contributed by atoms with E-state index in [0.717, 1.165) is 11.1 Å². The van der Waals surface area contributed by atoms with Crippen LogP contribution in [0.4, 0.5) is 0 Å². The monoisotopic (exact) mass is 411 g/mol. The summed E-state index contributed by atoms with van der Waals surface area (Å²) >= 11 is 12.0. The van der Waals surface area contributed by atoms with Crippen molar-refractivity contribution in [3.05, 3.63) is 69.5 Å². The first-order valence-corrected chi connectivity index (χ1v) is 10.1. The van der Waals surface area contributed by atoms with E-state index >= 15 is 0 Å². The maximum Gasteiger partial charge on any atom is 0.242 e. The fraction of sp³-hybridized carbons (Fsp3) is 0.176. The fourth-order valence-electron chi connectivity index (χ4n) is 2.34. The number of aromatic nitrogens is 2. The minimum atomic E-state index is -3.69. The molecule has 9 heteroatoms. The first kappa shape index (κ1) is 18.8. The highest BCUT2D eigenvalue weighted by Gasteiger charge is 2.18. The Balaban J connectivity index is 1.70. The van der Waals surface area contributed by atoms with Gasteiger partial charge in [0.2, 0.25) is 21.7 Å². The lowest BCUT2D eigenvalue weighted by atomic mass is 10.1. The van der Waals surface area contributed by atoms with Gasteiger partial charge < -0.3 is 4.52 Å². The first-order valence-electron chi connectivity index (χ1n) is 7.64. The first-order chi connectivity index (χ1) is 12.4. The van der Waals surface area contributed by atoms with Crippen molar-refractivity contribution in [2.24, 2.45) is 0 Å². The number of nitrogens with zero attached hydrogens (tertiary/aromatic N) is 2. The van der Waals surface area contributed by atoms with E-state index in [9.17, 15) is 8.42 Å². The van der Waals surface area contributed by atoms with Crippen LogP contribution >= 0.6 is 23.2 Å². The Morgan fingerprint density at radius 1 is 1.08 bits per heavy atom. The Kier molecular flexibility index (Phi) is 5.62. The predicted molar refractivity (Wildman–Crippen MR) is 100 cm³/mol. The summed E-state index contributed by atoms with van der Waals surface area (Å²) in [5, 5.41) is 4.48. The third kappa shape index (κ3) is 4.42. The van der Waals surface area contributed by atoms with Gasteiger partial charge in [-0.2, -0.15) is 4.98 Å². The van der Waals surface area contributed by atoms with Crippen LogP contribution in [0.5, 0.6) is 0 Å². The second kappa shape index (κ2) is 7.75. The van der Waals surface area contributed by atoms with Crippen molar-refractivity contribution in [2.75, 3.05) is 0 Å². The Morgan fingerprint density at radius 3 is 2.46 bits per heavy atom. The van der Waals surface area contributed by atoms with E-state index in [1.165, 1.54) is 0 Å². The highest BCUT2D eigenvalue weighted by molar-refractivity contribution is 7.88. The molecule has 0 saturated heterocycles. The van der Waals surface area contributed by atoms with E-state index in [2.05, 4.69) is 14.9 Å². The lowest BCUT2D eigenvalue weighted by Crippen LogP contribution is -2.25. The van der Waals surface area contributed by atoms with Crippen LogP contribution in [0.15, 0.2) is 47.0 Å². The molecule has 0 spiro atoms. The van der Waals surface area contributed by atoms with E-state index < -0.39 is 10.0 Å². The Bertz CT molecular complexity index is 1010. The van der Waals surface area contributed by atoms with Crippen LogP contribution in [0.1, 0.15) is 17.0 Å². The van der Waals surface area contributed by atoms with Crippen LogP contribution < -0.4 is 4.72 Å².